The molecule has 0 radical (unpaired) electrons. The molecule has 30 heavy (non-hydrogen) atoms. The van der Waals surface area contributed by atoms with Crippen molar-refractivity contribution < 1.29 is 4.74 Å². The van der Waals surface area contributed by atoms with Crippen molar-refractivity contribution >= 4 is 43.5 Å². The van der Waals surface area contributed by atoms with Crippen LogP contribution in [0.4, 0.5) is 0 Å². The monoisotopic (exact) mass is 524 g/mol. The van der Waals surface area contributed by atoms with Gasteiger partial charge in [-0.2, -0.15) is 0 Å². The molecule has 0 fully saturated rings. The highest BCUT2D eigenvalue weighted by molar-refractivity contribution is 9.10. The molecule has 4 rings (SSSR count). The van der Waals surface area contributed by atoms with Crippen LogP contribution in [0.1, 0.15) is 55.7 Å². The maximum Gasteiger partial charge on any atom is 0.119 e. The van der Waals surface area contributed by atoms with Crippen molar-refractivity contribution in [1.82, 2.24) is 0 Å². The van der Waals surface area contributed by atoms with Gasteiger partial charge in [-0.1, -0.05) is 88.7 Å². The first-order chi connectivity index (χ1) is 14.7. The molecule has 0 aliphatic heterocycles. The Morgan fingerprint density at radius 1 is 0.700 bits per heavy atom. The maximum absolute atomic E-state index is 5.92. The van der Waals surface area contributed by atoms with Crippen molar-refractivity contribution in [2.24, 2.45) is 0 Å². The summed E-state index contributed by atoms with van der Waals surface area (Å²) in [5.74, 6) is 0.949. The molecular weight excluding hydrogens is 500 g/mol. The first kappa shape index (κ1) is 21.4. The molecule has 0 N–H and O–H groups in total. The summed E-state index contributed by atoms with van der Waals surface area (Å²) in [6, 6.07) is 21.5. The van der Waals surface area contributed by atoms with Crippen LogP contribution >= 0.6 is 31.9 Å². The summed E-state index contributed by atoms with van der Waals surface area (Å²) >= 11 is 7.27. The summed E-state index contributed by atoms with van der Waals surface area (Å²) in [7, 11) is 0. The molecule has 0 amide bonds. The van der Waals surface area contributed by atoms with Gasteiger partial charge in [-0.05, 0) is 82.3 Å². The number of rotatable bonds is 8. The smallest absolute Gasteiger partial charge is 0.119 e. The Morgan fingerprint density at radius 3 is 1.90 bits per heavy atom. The molecule has 3 aromatic carbocycles. The van der Waals surface area contributed by atoms with Crippen LogP contribution in [0.2, 0.25) is 0 Å². The van der Waals surface area contributed by atoms with Crippen LogP contribution in [0.25, 0.3) is 22.8 Å². The first-order valence-electron chi connectivity index (χ1n) is 10.7. The van der Waals surface area contributed by atoms with Crippen molar-refractivity contribution in [2.45, 2.75) is 39.0 Å². The van der Waals surface area contributed by atoms with Gasteiger partial charge in [0.05, 0.1) is 6.61 Å². The van der Waals surface area contributed by atoms with E-state index >= 15 is 0 Å². The van der Waals surface area contributed by atoms with Gasteiger partial charge in [0.25, 0.3) is 0 Å². The quantitative estimate of drug-likeness (QED) is 0.208. The number of unbranched alkanes of at least 4 members (excludes halogenated alkanes) is 4. The average molecular weight is 526 g/mol. The van der Waals surface area contributed by atoms with E-state index in [9.17, 15) is 0 Å². The van der Waals surface area contributed by atoms with Crippen LogP contribution in [0.3, 0.4) is 0 Å². The predicted molar refractivity (Wildman–Crippen MR) is 135 cm³/mol. The van der Waals surface area contributed by atoms with Gasteiger partial charge in [0.15, 0.2) is 0 Å². The lowest BCUT2D eigenvalue weighted by Gasteiger charge is -2.07. The molecule has 0 unspecified atom stereocenters. The van der Waals surface area contributed by atoms with Gasteiger partial charge in [0.2, 0.25) is 0 Å². The highest BCUT2D eigenvalue weighted by atomic mass is 79.9. The van der Waals surface area contributed by atoms with Gasteiger partial charge in [-0.3, -0.25) is 0 Å². The van der Waals surface area contributed by atoms with E-state index in [4.69, 9.17) is 4.74 Å². The fourth-order valence-electron chi connectivity index (χ4n) is 3.97. The van der Waals surface area contributed by atoms with Crippen LogP contribution < -0.4 is 4.74 Å². The van der Waals surface area contributed by atoms with Crippen LogP contribution in [0.15, 0.2) is 69.6 Å². The zero-order chi connectivity index (χ0) is 20.9. The van der Waals surface area contributed by atoms with Gasteiger partial charge >= 0.3 is 0 Å². The number of fused-ring (bicyclic) bond motifs is 3. The van der Waals surface area contributed by atoms with Gasteiger partial charge in [0, 0.05) is 8.95 Å². The fraction of sp³-hybridized carbons (Fsp3) is 0.259. The van der Waals surface area contributed by atoms with Gasteiger partial charge < -0.3 is 4.74 Å². The zero-order valence-electron chi connectivity index (χ0n) is 17.3. The second-order valence-electron chi connectivity index (χ2n) is 7.77. The van der Waals surface area contributed by atoms with Gasteiger partial charge in [-0.25, -0.2) is 0 Å². The topological polar surface area (TPSA) is 9.23 Å². The van der Waals surface area contributed by atoms with Crippen molar-refractivity contribution in [1.29, 1.82) is 0 Å². The standard InChI is InChI=1S/C27H26Br2O/c1-2-3-4-5-6-15-30-22-11-7-19(8-12-22)16-25-26-17-20(28)9-13-23(26)24-14-10-21(29)18-27(24)25/h7-14,16-18H,2-6,15H2,1H3. The molecule has 0 spiro atoms. The van der Waals surface area contributed by atoms with E-state index in [2.05, 4.69) is 106 Å². The molecule has 1 aliphatic rings. The van der Waals surface area contributed by atoms with E-state index in [1.807, 2.05) is 0 Å². The maximum atomic E-state index is 5.92. The lowest BCUT2D eigenvalue weighted by Crippen LogP contribution is -1.97. The summed E-state index contributed by atoms with van der Waals surface area (Å²) in [6.45, 7) is 3.04. The van der Waals surface area contributed by atoms with Gasteiger partial charge in [0.1, 0.15) is 5.75 Å². The Bertz CT molecular complexity index is 997. The largest absolute Gasteiger partial charge is 0.494 e. The molecule has 154 valence electrons. The number of hydrogen-bond acceptors (Lipinski definition) is 1. The summed E-state index contributed by atoms with van der Waals surface area (Å²) in [5.41, 5.74) is 7.55. The lowest BCUT2D eigenvalue weighted by molar-refractivity contribution is 0.304. The molecule has 0 atom stereocenters. The Labute approximate surface area is 196 Å². The molecule has 3 heteroatoms. The summed E-state index contributed by atoms with van der Waals surface area (Å²) in [4.78, 5) is 0. The second kappa shape index (κ2) is 9.98. The summed E-state index contributed by atoms with van der Waals surface area (Å²) in [6.07, 6.45) is 8.56. The number of ether oxygens (including phenoxy) is 1. The lowest BCUT2D eigenvalue weighted by atomic mass is 10.0. The van der Waals surface area contributed by atoms with Gasteiger partial charge in [-0.15, -0.1) is 0 Å². The first-order valence-corrected chi connectivity index (χ1v) is 12.3. The summed E-state index contributed by atoms with van der Waals surface area (Å²) < 4.78 is 8.12. The molecule has 1 nitrogen and oxygen atoms in total. The molecule has 3 aromatic rings. The SMILES string of the molecule is CCCCCCCOc1ccc(C=C2c3cc(Br)ccc3-c3ccc(Br)cc32)cc1. The van der Waals surface area contributed by atoms with E-state index in [-0.39, 0.29) is 0 Å². The molecular formula is C27H26Br2O. The molecule has 0 bridgehead atoms. The van der Waals surface area contributed by atoms with E-state index in [1.165, 1.54) is 59.1 Å². The molecule has 1 aliphatic carbocycles. The fourth-order valence-corrected chi connectivity index (χ4v) is 4.69. The normalized spacial score (nSPS) is 11.9. The number of benzene rings is 3. The highest BCUT2D eigenvalue weighted by Gasteiger charge is 2.23. The third kappa shape index (κ3) is 4.90. The highest BCUT2D eigenvalue weighted by Crippen LogP contribution is 2.46. The van der Waals surface area contributed by atoms with E-state index in [0.29, 0.717) is 0 Å². The van der Waals surface area contributed by atoms with Crippen molar-refractivity contribution in [3.63, 3.8) is 0 Å². The number of hydrogen-bond donors (Lipinski definition) is 0. The molecule has 0 aromatic heterocycles. The zero-order valence-corrected chi connectivity index (χ0v) is 20.4. The minimum absolute atomic E-state index is 0.799. The Kier molecular flexibility index (Phi) is 7.12. The van der Waals surface area contributed by atoms with Crippen molar-refractivity contribution in [3.05, 3.63) is 86.3 Å². The molecule has 0 saturated carbocycles. The second-order valence-corrected chi connectivity index (χ2v) is 9.60. The predicted octanol–water partition coefficient (Wildman–Crippen LogP) is 9.13. The van der Waals surface area contributed by atoms with Crippen molar-refractivity contribution in [3.8, 4) is 16.9 Å². The average Bonchev–Trinajstić information content (AvgIpc) is 3.04. The van der Waals surface area contributed by atoms with Crippen LogP contribution in [0.5, 0.6) is 5.75 Å². The Morgan fingerprint density at radius 2 is 1.30 bits per heavy atom. The van der Waals surface area contributed by atoms with E-state index in [1.54, 1.807) is 0 Å². The van der Waals surface area contributed by atoms with Crippen molar-refractivity contribution in [2.75, 3.05) is 6.61 Å². The molecule has 0 saturated heterocycles. The molecule has 0 heterocycles. The summed E-state index contributed by atoms with van der Waals surface area (Å²) in [5, 5.41) is 0. The Hall–Kier alpha value is -1.84. The minimum Gasteiger partial charge on any atom is -0.494 e. The van der Waals surface area contributed by atoms with Crippen LogP contribution in [0, 0.1) is 0 Å². The third-order valence-electron chi connectivity index (χ3n) is 5.54. The number of halogens is 2. The third-order valence-corrected chi connectivity index (χ3v) is 6.53. The van der Waals surface area contributed by atoms with E-state index < -0.39 is 0 Å². The van der Waals surface area contributed by atoms with E-state index in [0.717, 1.165) is 27.7 Å². The van der Waals surface area contributed by atoms with Crippen LogP contribution in [-0.4, -0.2) is 6.61 Å². The van der Waals surface area contributed by atoms with Crippen LogP contribution in [-0.2, 0) is 0 Å². The minimum atomic E-state index is 0.799. The Balaban J connectivity index is 1.53.